The molecule has 0 fully saturated rings. The van der Waals surface area contributed by atoms with Crippen LogP contribution in [0.5, 0.6) is 0 Å². The molecule has 63 heavy (non-hydrogen) atoms. The maximum absolute atomic E-state index is 12.9. The zero-order valence-electron chi connectivity index (χ0n) is 42.3. The number of phosphoric ester groups is 1. The highest BCUT2D eigenvalue weighted by atomic mass is 31.2. The summed E-state index contributed by atoms with van der Waals surface area (Å²) in [6.45, 7) is 4.62. The van der Waals surface area contributed by atoms with Gasteiger partial charge in [-0.3, -0.25) is 9.36 Å². The van der Waals surface area contributed by atoms with E-state index in [9.17, 15) is 19.4 Å². The number of rotatable bonds is 49. The van der Waals surface area contributed by atoms with Crippen molar-refractivity contribution in [1.82, 2.24) is 5.32 Å². The number of quaternary nitrogens is 1. The van der Waals surface area contributed by atoms with E-state index >= 15 is 0 Å². The van der Waals surface area contributed by atoms with E-state index in [4.69, 9.17) is 9.05 Å². The fourth-order valence-corrected chi connectivity index (χ4v) is 8.53. The Morgan fingerprint density at radius 3 is 1.29 bits per heavy atom. The SMILES string of the molecule is CCCCCCCC/C=C/CC/C=C/C(O)C(COP(=O)([O-])OCC[N+](C)(C)C)NC(=O)CCCCCCCCCCCCCCCCCCC/C=C\CCCCCCCCCC. The number of hydrogen-bond donors (Lipinski definition) is 2. The second-order valence-electron chi connectivity index (χ2n) is 19.6. The van der Waals surface area contributed by atoms with Crippen LogP contribution in [0.4, 0.5) is 0 Å². The summed E-state index contributed by atoms with van der Waals surface area (Å²) < 4.78 is 23.2. The van der Waals surface area contributed by atoms with Crippen LogP contribution < -0.4 is 10.2 Å². The van der Waals surface area contributed by atoms with Crippen LogP contribution in [0.3, 0.4) is 0 Å². The molecule has 3 atom stereocenters. The molecule has 1 amide bonds. The highest BCUT2D eigenvalue weighted by Gasteiger charge is 2.23. The predicted octanol–water partition coefficient (Wildman–Crippen LogP) is 15.2. The molecular formula is C54H105N2O6P. The van der Waals surface area contributed by atoms with Crippen molar-refractivity contribution in [2.24, 2.45) is 0 Å². The minimum absolute atomic E-state index is 0.00540. The van der Waals surface area contributed by atoms with Crippen molar-refractivity contribution < 1.29 is 32.9 Å². The van der Waals surface area contributed by atoms with Crippen molar-refractivity contribution >= 4 is 13.7 Å². The lowest BCUT2D eigenvalue weighted by Crippen LogP contribution is -2.45. The molecule has 372 valence electrons. The third kappa shape index (κ3) is 48.5. The van der Waals surface area contributed by atoms with Gasteiger partial charge in [0.15, 0.2) is 0 Å². The van der Waals surface area contributed by atoms with Crippen LogP contribution in [0.25, 0.3) is 0 Å². The molecule has 0 aliphatic heterocycles. The Bertz CT molecular complexity index is 1120. The first-order chi connectivity index (χ1) is 30.5. The molecule has 0 aromatic rings. The number of unbranched alkanes of at least 4 members (excludes halogenated alkanes) is 32. The van der Waals surface area contributed by atoms with E-state index < -0.39 is 26.6 Å². The Kier molecular flexibility index (Phi) is 44.9. The molecule has 0 aromatic heterocycles. The highest BCUT2D eigenvalue weighted by Crippen LogP contribution is 2.38. The summed E-state index contributed by atoms with van der Waals surface area (Å²) in [5, 5.41) is 13.8. The fraction of sp³-hybridized carbons (Fsp3) is 0.870. The summed E-state index contributed by atoms with van der Waals surface area (Å²) in [4.78, 5) is 25.4. The first-order valence-electron chi connectivity index (χ1n) is 26.9. The van der Waals surface area contributed by atoms with E-state index in [1.54, 1.807) is 6.08 Å². The standard InChI is InChI=1S/C54H105N2O6P/c1-6-8-10-12-14-16-18-20-21-22-23-24-25-26-27-28-29-30-31-32-33-34-35-36-38-40-42-44-46-48-54(58)55-52(51-62-63(59,60)61-50-49-56(3,4)5)53(57)47-45-43-41-39-37-19-17-15-13-11-9-7-2/h22-23,37,39,45,47,52-53,57H,6-21,24-36,38,40-44,46,48-51H2,1-5H3,(H-,55,58,59,60)/b23-22-,39-37+,47-45+. The molecule has 0 aliphatic rings. The van der Waals surface area contributed by atoms with E-state index in [2.05, 4.69) is 43.5 Å². The van der Waals surface area contributed by atoms with Gasteiger partial charge in [-0.2, -0.15) is 0 Å². The van der Waals surface area contributed by atoms with Crippen LogP contribution in [-0.2, 0) is 18.4 Å². The summed E-state index contributed by atoms with van der Waals surface area (Å²) in [5.41, 5.74) is 0. The van der Waals surface area contributed by atoms with Crippen molar-refractivity contribution in [2.45, 2.75) is 264 Å². The van der Waals surface area contributed by atoms with Gasteiger partial charge in [-0.25, -0.2) is 0 Å². The number of carbonyl (C=O) groups is 1. The van der Waals surface area contributed by atoms with Crippen molar-refractivity contribution in [2.75, 3.05) is 40.9 Å². The number of phosphoric acid groups is 1. The number of likely N-dealkylation sites (N-methyl/N-ethyl adjacent to an activating group) is 1. The lowest BCUT2D eigenvalue weighted by atomic mass is 10.0. The lowest BCUT2D eigenvalue weighted by molar-refractivity contribution is -0.870. The van der Waals surface area contributed by atoms with Crippen LogP contribution in [0.15, 0.2) is 36.5 Å². The number of aliphatic hydroxyl groups is 1. The van der Waals surface area contributed by atoms with Crippen molar-refractivity contribution in [3.63, 3.8) is 0 Å². The van der Waals surface area contributed by atoms with Crippen molar-refractivity contribution in [3.05, 3.63) is 36.5 Å². The van der Waals surface area contributed by atoms with Gasteiger partial charge in [0.05, 0.1) is 39.9 Å². The summed E-state index contributed by atoms with van der Waals surface area (Å²) in [6, 6.07) is -0.900. The Hall–Kier alpha value is -1.28. The Balaban J connectivity index is 4.08. The van der Waals surface area contributed by atoms with Crippen LogP contribution in [-0.4, -0.2) is 68.5 Å². The fourth-order valence-electron chi connectivity index (χ4n) is 7.81. The number of amides is 1. The van der Waals surface area contributed by atoms with E-state index in [0.717, 1.165) is 38.5 Å². The molecule has 0 rings (SSSR count). The summed E-state index contributed by atoms with van der Waals surface area (Å²) in [5.74, 6) is -0.206. The predicted molar refractivity (Wildman–Crippen MR) is 270 cm³/mol. The number of aliphatic hydroxyl groups excluding tert-OH is 1. The van der Waals surface area contributed by atoms with E-state index in [0.29, 0.717) is 17.4 Å². The number of carbonyl (C=O) groups excluding carboxylic acids is 1. The average Bonchev–Trinajstić information content (AvgIpc) is 3.24. The molecule has 0 bridgehead atoms. The first-order valence-corrected chi connectivity index (χ1v) is 28.3. The third-order valence-corrected chi connectivity index (χ3v) is 13.0. The lowest BCUT2D eigenvalue weighted by Gasteiger charge is -2.29. The van der Waals surface area contributed by atoms with Gasteiger partial charge in [0.25, 0.3) is 7.82 Å². The van der Waals surface area contributed by atoms with E-state index in [1.807, 2.05) is 27.2 Å². The first kappa shape index (κ1) is 61.7. The molecule has 9 heteroatoms. The molecule has 0 aliphatic carbocycles. The number of nitrogens with zero attached hydrogens (tertiary/aromatic N) is 1. The van der Waals surface area contributed by atoms with E-state index in [-0.39, 0.29) is 12.5 Å². The number of allylic oxidation sites excluding steroid dienone is 5. The highest BCUT2D eigenvalue weighted by molar-refractivity contribution is 7.45. The topological polar surface area (TPSA) is 108 Å². The van der Waals surface area contributed by atoms with E-state index in [1.165, 1.54) is 193 Å². The van der Waals surface area contributed by atoms with Crippen molar-refractivity contribution in [3.8, 4) is 0 Å². The molecule has 0 spiro atoms. The summed E-state index contributed by atoms with van der Waals surface area (Å²) in [7, 11) is 1.25. The van der Waals surface area contributed by atoms with Gasteiger partial charge in [0, 0.05) is 6.42 Å². The van der Waals surface area contributed by atoms with Crippen LogP contribution in [0.1, 0.15) is 251 Å². The van der Waals surface area contributed by atoms with Crippen LogP contribution >= 0.6 is 7.82 Å². The van der Waals surface area contributed by atoms with Crippen molar-refractivity contribution in [1.29, 1.82) is 0 Å². The third-order valence-electron chi connectivity index (χ3n) is 12.1. The Labute approximate surface area is 391 Å². The average molecular weight is 909 g/mol. The summed E-state index contributed by atoms with van der Waals surface area (Å²) in [6.07, 6.45) is 58.0. The summed E-state index contributed by atoms with van der Waals surface area (Å²) >= 11 is 0. The normalized spacial score (nSPS) is 14.3. The maximum Gasteiger partial charge on any atom is 0.268 e. The van der Waals surface area contributed by atoms with Gasteiger partial charge in [0.2, 0.25) is 5.91 Å². The maximum atomic E-state index is 12.9. The quantitative estimate of drug-likeness (QED) is 0.0272. The minimum Gasteiger partial charge on any atom is -0.756 e. The molecular weight excluding hydrogens is 804 g/mol. The molecule has 3 unspecified atom stereocenters. The Morgan fingerprint density at radius 2 is 0.889 bits per heavy atom. The van der Waals surface area contributed by atoms with Gasteiger partial charge in [-0.15, -0.1) is 0 Å². The zero-order chi connectivity index (χ0) is 46.4. The zero-order valence-corrected chi connectivity index (χ0v) is 43.2. The molecule has 0 heterocycles. The number of nitrogens with one attached hydrogen (secondary N) is 1. The van der Waals surface area contributed by atoms with Gasteiger partial charge in [0.1, 0.15) is 13.2 Å². The Morgan fingerprint density at radius 1 is 0.540 bits per heavy atom. The van der Waals surface area contributed by atoms with Gasteiger partial charge in [-0.05, 0) is 57.8 Å². The second kappa shape index (κ2) is 45.9. The molecule has 8 nitrogen and oxygen atoms in total. The molecule has 0 saturated carbocycles. The molecule has 0 saturated heterocycles. The second-order valence-corrected chi connectivity index (χ2v) is 21.0. The molecule has 0 aromatic carbocycles. The largest absolute Gasteiger partial charge is 0.756 e. The van der Waals surface area contributed by atoms with Gasteiger partial charge >= 0.3 is 0 Å². The van der Waals surface area contributed by atoms with Gasteiger partial charge in [-0.1, -0.05) is 224 Å². The van der Waals surface area contributed by atoms with Gasteiger partial charge < -0.3 is 28.8 Å². The molecule has 2 N–H and O–H groups in total. The minimum atomic E-state index is -4.60. The molecule has 0 radical (unpaired) electrons. The van der Waals surface area contributed by atoms with Crippen LogP contribution in [0, 0.1) is 0 Å². The number of hydrogen-bond acceptors (Lipinski definition) is 6. The van der Waals surface area contributed by atoms with Crippen LogP contribution in [0.2, 0.25) is 0 Å². The smallest absolute Gasteiger partial charge is 0.268 e. The monoisotopic (exact) mass is 909 g/mol.